The summed E-state index contributed by atoms with van der Waals surface area (Å²) in [6.07, 6.45) is 2.37. The summed E-state index contributed by atoms with van der Waals surface area (Å²) in [6, 6.07) is 0.413. The molecule has 0 aliphatic heterocycles. The fourth-order valence-corrected chi connectivity index (χ4v) is 2.29. The Morgan fingerprint density at radius 1 is 1.43 bits per heavy atom. The molecule has 0 radical (unpaired) electrons. The molecule has 0 heterocycles. The van der Waals surface area contributed by atoms with E-state index in [0.29, 0.717) is 12.6 Å². The van der Waals surface area contributed by atoms with Crippen LogP contribution in [0.1, 0.15) is 20.3 Å². The van der Waals surface area contributed by atoms with Gasteiger partial charge in [0.2, 0.25) is 0 Å². The molecule has 0 fully saturated rings. The largest absolute Gasteiger partial charge is 0.313 e. The van der Waals surface area contributed by atoms with E-state index in [1.54, 1.807) is 0 Å². The van der Waals surface area contributed by atoms with E-state index in [2.05, 4.69) is 19.2 Å². The van der Waals surface area contributed by atoms with Crippen LogP contribution in [0.15, 0.2) is 0 Å². The molecule has 1 N–H and O–H groups in total. The van der Waals surface area contributed by atoms with Crippen molar-refractivity contribution in [1.29, 1.82) is 0 Å². The number of sulfone groups is 1. The quantitative estimate of drug-likeness (QED) is 0.646. The zero-order valence-electron chi connectivity index (χ0n) is 9.25. The predicted octanol–water partition coefficient (Wildman–Crippen LogP) is 1.15. The molecule has 86 valence electrons. The minimum atomic E-state index is -2.81. The van der Waals surface area contributed by atoms with Crippen molar-refractivity contribution in [1.82, 2.24) is 5.32 Å². The monoisotopic (exact) mass is 239 g/mol. The van der Waals surface area contributed by atoms with Gasteiger partial charge in [0.1, 0.15) is 9.84 Å². The second-order valence-corrected chi connectivity index (χ2v) is 7.12. The third-order valence-electron chi connectivity index (χ3n) is 1.86. The second kappa shape index (κ2) is 7.54. The summed E-state index contributed by atoms with van der Waals surface area (Å²) in [7, 11) is -2.81. The van der Waals surface area contributed by atoms with Crippen LogP contribution in [0.25, 0.3) is 0 Å². The highest BCUT2D eigenvalue weighted by molar-refractivity contribution is 7.99. The summed E-state index contributed by atoms with van der Waals surface area (Å²) in [5.74, 6) is 2.53. The van der Waals surface area contributed by atoms with Crippen LogP contribution in [-0.2, 0) is 9.84 Å². The number of nitrogens with one attached hydrogen (secondary N) is 1. The van der Waals surface area contributed by atoms with E-state index in [0.717, 1.165) is 17.9 Å². The lowest BCUT2D eigenvalue weighted by atomic mass is 10.3. The first-order valence-corrected chi connectivity index (χ1v) is 8.16. The lowest BCUT2D eigenvalue weighted by Crippen LogP contribution is -2.31. The first kappa shape index (κ1) is 14.3. The van der Waals surface area contributed by atoms with Crippen LogP contribution in [0, 0.1) is 0 Å². The van der Waals surface area contributed by atoms with Gasteiger partial charge in [-0.1, -0.05) is 6.92 Å². The maximum Gasteiger partial charge on any atom is 0.148 e. The Morgan fingerprint density at radius 3 is 2.57 bits per heavy atom. The van der Waals surface area contributed by atoms with Gasteiger partial charge in [0, 0.05) is 18.8 Å². The average Bonchev–Trinajstić information content (AvgIpc) is 2.02. The third kappa shape index (κ3) is 10.3. The van der Waals surface area contributed by atoms with Crippen LogP contribution < -0.4 is 5.32 Å². The summed E-state index contributed by atoms with van der Waals surface area (Å²) >= 11 is 1.92. The normalized spacial score (nSPS) is 14.2. The van der Waals surface area contributed by atoms with E-state index in [4.69, 9.17) is 0 Å². The number of rotatable bonds is 8. The fraction of sp³-hybridized carbons (Fsp3) is 1.00. The van der Waals surface area contributed by atoms with E-state index < -0.39 is 9.84 Å². The smallest absolute Gasteiger partial charge is 0.148 e. The minimum Gasteiger partial charge on any atom is -0.313 e. The Labute approximate surface area is 92.0 Å². The van der Waals surface area contributed by atoms with Gasteiger partial charge in [0.15, 0.2) is 0 Å². The van der Waals surface area contributed by atoms with Gasteiger partial charge >= 0.3 is 0 Å². The summed E-state index contributed by atoms with van der Waals surface area (Å²) in [4.78, 5) is 0. The van der Waals surface area contributed by atoms with Crippen molar-refractivity contribution >= 4 is 21.6 Å². The van der Waals surface area contributed by atoms with Crippen LogP contribution in [0.5, 0.6) is 0 Å². The van der Waals surface area contributed by atoms with Crippen LogP contribution in [-0.4, -0.2) is 44.5 Å². The summed E-state index contributed by atoms with van der Waals surface area (Å²) in [5.41, 5.74) is 0. The van der Waals surface area contributed by atoms with Crippen molar-refractivity contribution < 1.29 is 8.42 Å². The van der Waals surface area contributed by atoms with Gasteiger partial charge in [-0.25, -0.2) is 8.42 Å². The van der Waals surface area contributed by atoms with Gasteiger partial charge in [-0.3, -0.25) is 0 Å². The molecule has 3 nitrogen and oxygen atoms in total. The van der Waals surface area contributed by atoms with Crippen LogP contribution in [0.4, 0.5) is 0 Å². The first-order valence-electron chi connectivity index (χ1n) is 4.94. The van der Waals surface area contributed by atoms with Crippen molar-refractivity contribution in [3.8, 4) is 0 Å². The molecule has 0 saturated carbocycles. The highest BCUT2D eigenvalue weighted by atomic mass is 32.2. The minimum absolute atomic E-state index is 0.234. The zero-order valence-corrected chi connectivity index (χ0v) is 10.9. The Kier molecular flexibility index (Phi) is 7.68. The fourth-order valence-electron chi connectivity index (χ4n) is 0.997. The van der Waals surface area contributed by atoms with E-state index in [1.807, 2.05) is 11.8 Å². The number of hydrogen-bond donors (Lipinski definition) is 1. The molecule has 0 aromatic heterocycles. The summed E-state index contributed by atoms with van der Waals surface area (Å²) < 4.78 is 21.7. The lowest BCUT2D eigenvalue weighted by Gasteiger charge is -2.12. The number of thioether (sulfide) groups is 1. The van der Waals surface area contributed by atoms with Crippen LogP contribution in [0.2, 0.25) is 0 Å². The van der Waals surface area contributed by atoms with Crippen molar-refractivity contribution in [2.24, 2.45) is 0 Å². The summed E-state index contributed by atoms with van der Waals surface area (Å²) in [6.45, 7) is 4.81. The van der Waals surface area contributed by atoms with Crippen LogP contribution >= 0.6 is 11.8 Å². The van der Waals surface area contributed by atoms with Gasteiger partial charge in [-0.2, -0.15) is 11.8 Å². The van der Waals surface area contributed by atoms with Crippen molar-refractivity contribution in [3.05, 3.63) is 0 Å². The van der Waals surface area contributed by atoms with E-state index >= 15 is 0 Å². The molecule has 0 aliphatic carbocycles. The molecular formula is C9H21NO2S2. The van der Waals surface area contributed by atoms with E-state index in [-0.39, 0.29) is 5.75 Å². The van der Waals surface area contributed by atoms with Crippen molar-refractivity contribution in [2.45, 2.75) is 26.3 Å². The van der Waals surface area contributed by atoms with Gasteiger partial charge in [-0.15, -0.1) is 0 Å². The highest BCUT2D eigenvalue weighted by Gasteiger charge is 2.04. The molecule has 0 aliphatic rings. The lowest BCUT2D eigenvalue weighted by molar-refractivity contribution is 0.549. The Balaban J connectivity index is 3.40. The Morgan fingerprint density at radius 2 is 2.07 bits per heavy atom. The molecule has 1 unspecified atom stereocenters. The van der Waals surface area contributed by atoms with Crippen LogP contribution in [0.3, 0.4) is 0 Å². The first-order chi connectivity index (χ1) is 6.45. The van der Waals surface area contributed by atoms with Gasteiger partial charge < -0.3 is 5.32 Å². The summed E-state index contributed by atoms with van der Waals surface area (Å²) in [5, 5.41) is 3.21. The maximum atomic E-state index is 10.8. The average molecular weight is 239 g/mol. The predicted molar refractivity (Wildman–Crippen MR) is 64.8 cm³/mol. The Hall–Kier alpha value is 0.260. The molecule has 1 atom stereocenters. The van der Waals surface area contributed by atoms with E-state index in [1.165, 1.54) is 6.26 Å². The highest BCUT2D eigenvalue weighted by Crippen LogP contribution is 2.03. The molecule has 0 saturated heterocycles. The SMILES string of the molecule is CCSCCC(C)NCCS(C)(=O)=O. The molecule has 0 aromatic carbocycles. The van der Waals surface area contributed by atoms with E-state index in [9.17, 15) is 8.42 Å². The molecule has 0 amide bonds. The van der Waals surface area contributed by atoms with Crippen molar-refractivity contribution in [2.75, 3.05) is 30.1 Å². The zero-order chi connectivity index (χ0) is 11.0. The molecule has 0 spiro atoms. The Bertz CT molecular complexity index is 227. The van der Waals surface area contributed by atoms with Gasteiger partial charge in [0.25, 0.3) is 0 Å². The molecular weight excluding hydrogens is 218 g/mol. The molecule has 5 heteroatoms. The topological polar surface area (TPSA) is 46.2 Å². The molecule has 0 rings (SSSR count). The molecule has 14 heavy (non-hydrogen) atoms. The standard InChI is InChI=1S/C9H21NO2S2/c1-4-13-7-5-9(2)10-6-8-14(3,11)12/h9-10H,4-8H2,1-3H3. The molecule has 0 bridgehead atoms. The van der Waals surface area contributed by atoms with Gasteiger partial charge in [-0.05, 0) is 24.9 Å². The maximum absolute atomic E-state index is 10.8. The number of hydrogen-bond acceptors (Lipinski definition) is 4. The molecule has 0 aromatic rings. The second-order valence-electron chi connectivity index (χ2n) is 3.47. The van der Waals surface area contributed by atoms with Gasteiger partial charge in [0.05, 0.1) is 5.75 Å². The van der Waals surface area contributed by atoms with Crippen molar-refractivity contribution in [3.63, 3.8) is 0 Å². The third-order valence-corrected chi connectivity index (χ3v) is 3.74.